The summed E-state index contributed by atoms with van der Waals surface area (Å²) in [6.45, 7) is 0. The van der Waals surface area contributed by atoms with Crippen molar-refractivity contribution < 1.29 is 14.3 Å². The molecule has 0 N–H and O–H groups in total. The number of esters is 1. The summed E-state index contributed by atoms with van der Waals surface area (Å²) in [5, 5.41) is 0.160. The Hall–Kier alpha value is -0.720. The van der Waals surface area contributed by atoms with Gasteiger partial charge in [0.25, 0.3) is 0 Å². The molecule has 1 aliphatic rings. The summed E-state index contributed by atoms with van der Waals surface area (Å²) >= 11 is 9.07. The van der Waals surface area contributed by atoms with Gasteiger partial charge in [0.2, 0.25) is 5.28 Å². The third-order valence-corrected chi connectivity index (χ3v) is 3.32. The zero-order valence-corrected chi connectivity index (χ0v) is 11.4. The highest BCUT2D eigenvalue weighted by atomic mass is 79.9. The number of carbonyl (C=O) groups is 1. The van der Waals surface area contributed by atoms with E-state index in [1.54, 1.807) is 6.20 Å². The largest absolute Gasteiger partial charge is 0.467 e. The van der Waals surface area contributed by atoms with Crippen molar-refractivity contribution in [3.8, 4) is 0 Å². The molecule has 2 rings (SSSR count). The van der Waals surface area contributed by atoms with E-state index in [-0.39, 0.29) is 17.4 Å². The molecule has 1 aliphatic heterocycles. The average Bonchev–Trinajstić information content (AvgIpc) is 2.80. The third kappa shape index (κ3) is 2.75. The van der Waals surface area contributed by atoms with E-state index in [4.69, 9.17) is 16.3 Å². The second-order valence-corrected chi connectivity index (χ2v) is 4.78. The number of rotatable bonds is 2. The van der Waals surface area contributed by atoms with Gasteiger partial charge in [0, 0.05) is 6.20 Å². The highest BCUT2D eigenvalue weighted by molar-refractivity contribution is 9.10. The van der Waals surface area contributed by atoms with E-state index in [2.05, 4.69) is 30.6 Å². The summed E-state index contributed by atoms with van der Waals surface area (Å²) in [4.78, 5) is 19.3. The van der Waals surface area contributed by atoms with Crippen LogP contribution in [0.15, 0.2) is 10.7 Å². The number of nitrogens with zero attached hydrogens (tertiary/aromatic N) is 2. The summed E-state index contributed by atoms with van der Waals surface area (Å²) in [6, 6.07) is 0. The van der Waals surface area contributed by atoms with Gasteiger partial charge in [-0.1, -0.05) is 0 Å². The molecule has 1 aromatic heterocycles. The fraction of sp³-hybridized carbons (Fsp3) is 0.500. The van der Waals surface area contributed by atoms with E-state index < -0.39 is 6.10 Å². The molecular weight excluding hydrogens is 311 g/mol. The first-order valence-corrected chi connectivity index (χ1v) is 6.20. The minimum Gasteiger partial charge on any atom is -0.467 e. The molecule has 5 nitrogen and oxygen atoms in total. The van der Waals surface area contributed by atoms with Crippen LogP contribution in [-0.4, -0.2) is 29.2 Å². The predicted molar refractivity (Wildman–Crippen MR) is 63.6 cm³/mol. The SMILES string of the molecule is COC(=O)C1CCC(c2nc(Cl)ncc2Br)O1. The summed E-state index contributed by atoms with van der Waals surface area (Å²) in [5.74, 6) is -0.358. The highest BCUT2D eigenvalue weighted by Gasteiger charge is 2.34. The first-order valence-electron chi connectivity index (χ1n) is 5.03. The van der Waals surface area contributed by atoms with Crippen LogP contribution >= 0.6 is 27.5 Å². The lowest BCUT2D eigenvalue weighted by Crippen LogP contribution is -2.21. The smallest absolute Gasteiger partial charge is 0.335 e. The van der Waals surface area contributed by atoms with Gasteiger partial charge in [-0.2, -0.15) is 0 Å². The monoisotopic (exact) mass is 320 g/mol. The Bertz CT molecular complexity index is 444. The molecule has 2 unspecified atom stereocenters. The van der Waals surface area contributed by atoms with Crippen LogP contribution in [-0.2, 0) is 14.3 Å². The van der Waals surface area contributed by atoms with Crippen LogP contribution in [0, 0.1) is 0 Å². The summed E-state index contributed by atoms with van der Waals surface area (Å²) in [6.07, 6.45) is 2.11. The Morgan fingerprint density at radius 1 is 1.65 bits per heavy atom. The van der Waals surface area contributed by atoms with Crippen molar-refractivity contribution in [3.05, 3.63) is 21.6 Å². The van der Waals surface area contributed by atoms with E-state index in [1.165, 1.54) is 7.11 Å². The van der Waals surface area contributed by atoms with Crippen LogP contribution in [0.25, 0.3) is 0 Å². The molecule has 1 aromatic rings. The van der Waals surface area contributed by atoms with Crippen LogP contribution in [0.2, 0.25) is 5.28 Å². The van der Waals surface area contributed by atoms with Gasteiger partial charge in [-0.3, -0.25) is 0 Å². The number of hydrogen-bond donors (Lipinski definition) is 0. The normalized spacial score (nSPS) is 23.7. The molecule has 17 heavy (non-hydrogen) atoms. The minimum absolute atomic E-state index is 0.160. The molecule has 92 valence electrons. The molecule has 7 heteroatoms. The van der Waals surface area contributed by atoms with Crippen molar-refractivity contribution in [1.29, 1.82) is 0 Å². The van der Waals surface area contributed by atoms with Crippen molar-refractivity contribution >= 4 is 33.5 Å². The average molecular weight is 322 g/mol. The molecule has 0 aromatic carbocycles. The fourth-order valence-electron chi connectivity index (χ4n) is 1.73. The Kier molecular flexibility index (Phi) is 3.96. The molecule has 0 amide bonds. The second kappa shape index (κ2) is 5.29. The molecule has 2 atom stereocenters. The molecule has 1 fully saturated rings. The second-order valence-electron chi connectivity index (χ2n) is 3.59. The van der Waals surface area contributed by atoms with Gasteiger partial charge in [0.15, 0.2) is 6.10 Å². The number of hydrogen-bond acceptors (Lipinski definition) is 5. The predicted octanol–water partition coefficient (Wildman–Crippen LogP) is 2.29. The molecule has 0 radical (unpaired) electrons. The molecule has 0 aliphatic carbocycles. The van der Waals surface area contributed by atoms with Crippen molar-refractivity contribution in [2.45, 2.75) is 25.0 Å². The first kappa shape index (κ1) is 12.7. The van der Waals surface area contributed by atoms with E-state index in [1.807, 2.05) is 0 Å². The molecule has 2 heterocycles. The summed E-state index contributed by atoms with van der Waals surface area (Å²) in [5.41, 5.74) is 0.663. The molecule has 0 saturated carbocycles. The van der Waals surface area contributed by atoms with Crippen LogP contribution in [0.5, 0.6) is 0 Å². The van der Waals surface area contributed by atoms with Crippen molar-refractivity contribution in [2.75, 3.05) is 7.11 Å². The molecule has 1 saturated heterocycles. The number of halogens is 2. The maximum atomic E-state index is 11.3. The van der Waals surface area contributed by atoms with Gasteiger partial charge < -0.3 is 9.47 Å². The zero-order chi connectivity index (χ0) is 12.4. The van der Waals surface area contributed by atoms with Crippen LogP contribution in [0.1, 0.15) is 24.6 Å². The Morgan fingerprint density at radius 2 is 2.41 bits per heavy atom. The zero-order valence-electron chi connectivity index (χ0n) is 9.02. The Balaban J connectivity index is 2.15. The number of ether oxygens (including phenoxy) is 2. The van der Waals surface area contributed by atoms with Gasteiger partial charge >= 0.3 is 5.97 Å². The lowest BCUT2D eigenvalue weighted by Gasteiger charge is -2.12. The molecule has 0 bridgehead atoms. The van der Waals surface area contributed by atoms with Gasteiger partial charge in [0.1, 0.15) is 6.10 Å². The quantitative estimate of drug-likeness (QED) is 0.618. The van der Waals surface area contributed by atoms with E-state index in [0.717, 1.165) is 4.47 Å². The number of carbonyl (C=O) groups excluding carboxylic acids is 1. The van der Waals surface area contributed by atoms with Crippen LogP contribution in [0.3, 0.4) is 0 Å². The summed E-state index contributed by atoms with van der Waals surface area (Å²) in [7, 11) is 1.34. The molecular formula is C10H10BrClN2O3. The van der Waals surface area contributed by atoms with E-state index in [9.17, 15) is 4.79 Å². The first-order chi connectivity index (χ1) is 8.11. The van der Waals surface area contributed by atoms with Gasteiger partial charge in [-0.05, 0) is 40.4 Å². The summed E-state index contributed by atoms with van der Waals surface area (Å²) < 4.78 is 10.9. The lowest BCUT2D eigenvalue weighted by atomic mass is 10.1. The van der Waals surface area contributed by atoms with Crippen molar-refractivity contribution in [3.63, 3.8) is 0 Å². The van der Waals surface area contributed by atoms with Gasteiger partial charge in [-0.15, -0.1) is 0 Å². The van der Waals surface area contributed by atoms with Crippen molar-refractivity contribution in [1.82, 2.24) is 9.97 Å². The van der Waals surface area contributed by atoms with Crippen molar-refractivity contribution in [2.24, 2.45) is 0 Å². The Labute approximate surface area is 112 Å². The van der Waals surface area contributed by atoms with Crippen LogP contribution in [0.4, 0.5) is 0 Å². The van der Waals surface area contributed by atoms with Gasteiger partial charge in [0.05, 0.1) is 17.3 Å². The minimum atomic E-state index is -0.523. The maximum absolute atomic E-state index is 11.3. The fourth-order valence-corrected chi connectivity index (χ4v) is 2.31. The van der Waals surface area contributed by atoms with E-state index in [0.29, 0.717) is 18.5 Å². The lowest BCUT2D eigenvalue weighted by molar-refractivity contribution is -0.153. The Morgan fingerprint density at radius 3 is 3.12 bits per heavy atom. The topological polar surface area (TPSA) is 61.3 Å². The highest BCUT2D eigenvalue weighted by Crippen LogP contribution is 2.35. The standard InChI is InChI=1S/C10H10BrClN2O3/c1-16-9(15)7-3-2-6(17-7)8-5(11)4-13-10(12)14-8/h4,6-7H,2-3H2,1H3. The van der Waals surface area contributed by atoms with E-state index >= 15 is 0 Å². The van der Waals surface area contributed by atoms with Crippen LogP contribution < -0.4 is 0 Å². The molecule has 0 spiro atoms. The number of methoxy groups -OCH3 is 1. The van der Waals surface area contributed by atoms with Gasteiger partial charge in [-0.25, -0.2) is 14.8 Å². The number of aromatic nitrogens is 2. The maximum Gasteiger partial charge on any atom is 0.335 e. The third-order valence-electron chi connectivity index (χ3n) is 2.53.